The van der Waals surface area contributed by atoms with Gasteiger partial charge in [0.2, 0.25) is 5.95 Å². The van der Waals surface area contributed by atoms with E-state index >= 15 is 0 Å². The standard InChI is InChI=1S/C18H22FN5.C2HF3O2/c19-15-10-21-17(22-11-15)24-9-6-18(14-24)5-3-8-23(13-18)12-16-4-1-2-7-20-16;3-2(4,5)1(6)7/h1-2,4,7,10-11H,3,5-6,8-9,12-14H2;(H,6,7). The number of aliphatic carboxylic acids is 1. The molecule has 2 aliphatic heterocycles. The molecule has 0 aromatic carbocycles. The number of carbonyl (C=O) groups is 1. The van der Waals surface area contributed by atoms with E-state index in [0.29, 0.717) is 11.4 Å². The lowest BCUT2D eigenvalue weighted by Crippen LogP contribution is -2.44. The number of pyridine rings is 1. The summed E-state index contributed by atoms with van der Waals surface area (Å²) >= 11 is 0. The van der Waals surface area contributed by atoms with E-state index in [1.54, 1.807) is 0 Å². The number of anilines is 1. The summed E-state index contributed by atoms with van der Waals surface area (Å²) in [6.07, 6.45) is 2.88. The van der Waals surface area contributed by atoms with Gasteiger partial charge in [-0.2, -0.15) is 13.2 Å². The van der Waals surface area contributed by atoms with E-state index in [1.165, 1.54) is 25.2 Å². The minimum absolute atomic E-state index is 0.296. The summed E-state index contributed by atoms with van der Waals surface area (Å²) in [5.41, 5.74) is 1.43. The van der Waals surface area contributed by atoms with Gasteiger partial charge in [-0.3, -0.25) is 9.88 Å². The molecular formula is C20H23F4N5O2. The van der Waals surface area contributed by atoms with Crippen LogP contribution in [0.2, 0.25) is 0 Å². The zero-order valence-electron chi connectivity index (χ0n) is 16.7. The van der Waals surface area contributed by atoms with E-state index in [9.17, 15) is 17.6 Å². The highest BCUT2D eigenvalue weighted by Gasteiger charge is 2.42. The van der Waals surface area contributed by atoms with Crippen molar-refractivity contribution in [3.05, 3.63) is 48.3 Å². The van der Waals surface area contributed by atoms with Crippen molar-refractivity contribution in [1.82, 2.24) is 19.9 Å². The third-order valence-corrected chi connectivity index (χ3v) is 5.42. The fourth-order valence-electron chi connectivity index (χ4n) is 4.07. The summed E-state index contributed by atoms with van der Waals surface area (Å²) in [6.45, 7) is 5.03. The van der Waals surface area contributed by atoms with Crippen molar-refractivity contribution < 1.29 is 27.5 Å². The van der Waals surface area contributed by atoms with E-state index in [1.807, 2.05) is 18.3 Å². The maximum absolute atomic E-state index is 13.0. The van der Waals surface area contributed by atoms with Gasteiger partial charge in [-0.1, -0.05) is 6.07 Å². The quantitative estimate of drug-likeness (QED) is 0.733. The molecule has 2 aromatic rings. The molecule has 31 heavy (non-hydrogen) atoms. The van der Waals surface area contributed by atoms with E-state index in [0.717, 1.165) is 44.8 Å². The topological polar surface area (TPSA) is 82.5 Å². The van der Waals surface area contributed by atoms with Crippen molar-refractivity contribution in [1.29, 1.82) is 0 Å². The Morgan fingerprint density at radius 3 is 2.42 bits per heavy atom. The van der Waals surface area contributed by atoms with Crippen LogP contribution in [0.4, 0.5) is 23.5 Å². The van der Waals surface area contributed by atoms with Gasteiger partial charge in [0, 0.05) is 37.8 Å². The second-order valence-electron chi connectivity index (χ2n) is 7.81. The van der Waals surface area contributed by atoms with E-state index in [2.05, 4.69) is 30.8 Å². The van der Waals surface area contributed by atoms with Crippen LogP contribution >= 0.6 is 0 Å². The minimum Gasteiger partial charge on any atom is -0.475 e. The highest BCUT2D eigenvalue weighted by atomic mass is 19.4. The number of alkyl halides is 3. The molecule has 1 N–H and O–H groups in total. The molecule has 2 aromatic heterocycles. The lowest BCUT2D eigenvalue weighted by molar-refractivity contribution is -0.192. The molecule has 4 heterocycles. The second-order valence-corrected chi connectivity index (χ2v) is 7.81. The number of carboxylic acid groups (broad SMARTS) is 1. The molecule has 0 saturated carbocycles. The first-order chi connectivity index (χ1) is 14.7. The average Bonchev–Trinajstić information content (AvgIpc) is 3.12. The zero-order chi connectivity index (χ0) is 22.5. The van der Waals surface area contributed by atoms with Gasteiger partial charge in [0.15, 0.2) is 5.82 Å². The Morgan fingerprint density at radius 2 is 1.81 bits per heavy atom. The van der Waals surface area contributed by atoms with Crippen molar-refractivity contribution in [2.45, 2.75) is 32.0 Å². The Labute approximate surface area is 176 Å². The number of likely N-dealkylation sites (tertiary alicyclic amines) is 1. The number of aromatic nitrogens is 3. The molecule has 4 rings (SSSR count). The summed E-state index contributed by atoms with van der Waals surface area (Å²) < 4.78 is 44.8. The molecule has 1 atom stereocenters. The van der Waals surface area contributed by atoms with Crippen LogP contribution in [-0.4, -0.2) is 63.3 Å². The third-order valence-electron chi connectivity index (χ3n) is 5.42. The molecule has 0 radical (unpaired) electrons. The van der Waals surface area contributed by atoms with E-state index in [4.69, 9.17) is 9.90 Å². The molecule has 2 fully saturated rings. The van der Waals surface area contributed by atoms with Crippen molar-refractivity contribution in [2.24, 2.45) is 5.41 Å². The van der Waals surface area contributed by atoms with Gasteiger partial charge in [0.25, 0.3) is 0 Å². The summed E-state index contributed by atoms with van der Waals surface area (Å²) in [5, 5.41) is 7.12. The predicted molar refractivity (Wildman–Crippen MR) is 104 cm³/mol. The maximum Gasteiger partial charge on any atom is 0.490 e. The number of piperidine rings is 1. The van der Waals surface area contributed by atoms with Crippen LogP contribution < -0.4 is 4.90 Å². The molecule has 1 unspecified atom stereocenters. The number of rotatable bonds is 3. The Balaban J connectivity index is 0.000000339. The van der Waals surface area contributed by atoms with Crippen LogP contribution in [0.5, 0.6) is 0 Å². The van der Waals surface area contributed by atoms with Gasteiger partial charge in [-0.15, -0.1) is 0 Å². The molecule has 1 spiro atoms. The molecule has 2 saturated heterocycles. The van der Waals surface area contributed by atoms with Crippen molar-refractivity contribution in [2.75, 3.05) is 31.1 Å². The first kappa shape index (κ1) is 22.9. The molecule has 11 heteroatoms. The molecule has 0 aliphatic carbocycles. The Kier molecular flexibility index (Phi) is 7.04. The van der Waals surface area contributed by atoms with Gasteiger partial charge in [0.05, 0.1) is 18.1 Å². The Bertz CT molecular complexity index is 866. The molecule has 0 amide bonds. The number of hydrogen-bond donors (Lipinski definition) is 1. The van der Waals surface area contributed by atoms with E-state index < -0.39 is 12.1 Å². The van der Waals surface area contributed by atoms with Crippen LogP contribution in [0.1, 0.15) is 25.0 Å². The Morgan fingerprint density at radius 1 is 1.10 bits per heavy atom. The second kappa shape index (κ2) is 9.54. The minimum atomic E-state index is -5.08. The monoisotopic (exact) mass is 441 g/mol. The first-order valence-electron chi connectivity index (χ1n) is 9.82. The maximum atomic E-state index is 13.0. The Hall–Kier alpha value is -2.82. The highest BCUT2D eigenvalue weighted by molar-refractivity contribution is 5.73. The SMILES string of the molecule is Fc1cnc(N2CCC3(CCCN(Cc4ccccn4)C3)C2)nc1.O=C(O)C(F)(F)F. The number of hydrogen-bond acceptors (Lipinski definition) is 6. The molecule has 0 bridgehead atoms. The van der Waals surface area contributed by atoms with Crippen molar-refractivity contribution in [3.63, 3.8) is 0 Å². The molecule has 168 valence electrons. The average molecular weight is 441 g/mol. The van der Waals surface area contributed by atoms with Crippen LogP contribution in [0.15, 0.2) is 36.8 Å². The van der Waals surface area contributed by atoms with Gasteiger partial charge >= 0.3 is 12.1 Å². The molecule has 7 nitrogen and oxygen atoms in total. The van der Waals surface area contributed by atoms with E-state index in [-0.39, 0.29) is 5.82 Å². The van der Waals surface area contributed by atoms with Crippen molar-refractivity contribution in [3.8, 4) is 0 Å². The summed E-state index contributed by atoms with van der Waals surface area (Å²) in [4.78, 5) is 26.3. The van der Waals surface area contributed by atoms with Crippen LogP contribution in [0.3, 0.4) is 0 Å². The summed E-state index contributed by atoms with van der Waals surface area (Å²) in [5.74, 6) is -2.49. The normalized spacial score (nSPS) is 21.6. The largest absolute Gasteiger partial charge is 0.490 e. The van der Waals surface area contributed by atoms with Crippen LogP contribution in [0.25, 0.3) is 0 Å². The lowest BCUT2D eigenvalue weighted by atomic mass is 9.79. The first-order valence-corrected chi connectivity index (χ1v) is 9.82. The van der Waals surface area contributed by atoms with Gasteiger partial charge in [-0.05, 0) is 37.9 Å². The van der Waals surface area contributed by atoms with Crippen LogP contribution in [-0.2, 0) is 11.3 Å². The zero-order valence-corrected chi connectivity index (χ0v) is 16.7. The van der Waals surface area contributed by atoms with Gasteiger partial charge in [0.1, 0.15) is 0 Å². The lowest BCUT2D eigenvalue weighted by Gasteiger charge is -2.40. The van der Waals surface area contributed by atoms with Gasteiger partial charge in [-0.25, -0.2) is 19.2 Å². The molecular weight excluding hydrogens is 418 g/mol. The number of carboxylic acids is 1. The highest BCUT2D eigenvalue weighted by Crippen LogP contribution is 2.40. The predicted octanol–water partition coefficient (Wildman–Crippen LogP) is 3.14. The number of halogens is 4. The fourth-order valence-corrected chi connectivity index (χ4v) is 4.07. The smallest absolute Gasteiger partial charge is 0.475 e. The summed E-state index contributed by atoms with van der Waals surface area (Å²) in [7, 11) is 0. The van der Waals surface area contributed by atoms with Crippen LogP contribution in [0, 0.1) is 11.2 Å². The summed E-state index contributed by atoms with van der Waals surface area (Å²) in [6, 6.07) is 6.10. The fraction of sp³-hybridized carbons (Fsp3) is 0.500. The van der Waals surface area contributed by atoms with Gasteiger partial charge < -0.3 is 10.0 Å². The molecule has 2 aliphatic rings. The third kappa shape index (κ3) is 6.33. The number of nitrogens with zero attached hydrogens (tertiary/aromatic N) is 5. The van der Waals surface area contributed by atoms with Crippen molar-refractivity contribution >= 4 is 11.9 Å².